The third kappa shape index (κ3) is 9.01. The average molecular weight is 602 g/mol. The number of carbonyl (C=O) groups is 4. The van der Waals surface area contributed by atoms with Gasteiger partial charge in [0.05, 0.1) is 19.7 Å². The Morgan fingerprint density at radius 3 is 2.14 bits per heavy atom. The Labute approximate surface area is 258 Å². The molecule has 0 spiro atoms. The minimum absolute atomic E-state index is 0.0829. The summed E-state index contributed by atoms with van der Waals surface area (Å²) >= 11 is 0. The maximum Gasteiger partial charge on any atom is 0.328 e. The van der Waals surface area contributed by atoms with Crippen LogP contribution < -0.4 is 10.6 Å². The first-order valence-electron chi connectivity index (χ1n) is 15.3. The molecule has 3 amide bonds. The minimum Gasteiger partial charge on any atom is -0.467 e. The van der Waals surface area contributed by atoms with Gasteiger partial charge in [-0.25, -0.2) is 4.79 Å². The number of ether oxygens (including phenoxy) is 1. The number of benzene rings is 1. The van der Waals surface area contributed by atoms with Crippen molar-refractivity contribution in [3.8, 4) is 0 Å². The van der Waals surface area contributed by atoms with Gasteiger partial charge in [-0.3, -0.25) is 19.3 Å². The molecule has 1 heterocycles. The summed E-state index contributed by atoms with van der Waals surface area (Å²) in [5.41, 5.74) is -0.0715. The Balaban J connectivity index is 2.20. The van der Waals surface area contributed by atoms with Crippen molar-refractivity contribution >= 4 is 23.7 Å². The smallest absolute Gasteiger partial charge is 0.328 e. The van der Waals surface area contributed by atoms with E-state index in [1.165, 1.54) is 7.11 Å². The molecule has 0 aliphatic carbocycles. The van der Waals surface area contributed by atoms with Gasteiger partial charge >= 0.3 is 5.97 Å². The van der Waals surface area contributed by atoms with E-state index in [4.69, 9.17) is 4.74 Å². The van der Waals surface area contributed by atoms with Crippen molar-refractivity contribution in [2.75, 3.05) is 47.9 Å². The summed E-state index contributed by atoms with van der Waals surface area (Å²) in [7, 11) is 6.72. The molecule has 1 aliphatic rings. The van der Waals surface area contributed by atoms with Crippen molar-refractivity contribution in [2.24, 2.45) is 11.3 Å². The normalized spacial score (nSPS) is 17.9. The molecular formula is C33H55N5O5. The second-order valence-electron chi connectivity index (χ2n) is 13.8. The van der Waals surface area contributed by atoms with E-state index in [-0.39, 0.29) is 42.2 Å². The Hall–Kier alpha value is -2.98. The third-order valence-corrected chi connectivity index (χ3v) is 8.75. The van der Waals surface area contributed by atoms with Crippen LogP contribution >= 0.6 is 0 Å². The number of nitrogens with zero attached hydrogens (tertiary/aromatic N) is 3. The molecule has 2 rings (SSSR count). The highest BCUT2D eigenvalue weighted by Crippen LogP contribution is 2.29. The molecule has 0 radical (unpaired) electrons. The summed E-state index contributed by atoms with van der Waals surface area (Å²) in [6.07, 6.45) is 1.36. The molecule has 2 N–H and O–H groups in total. The Kier molecular flexibility index (Phi) is 12.8. The van der Waals surface area contributed by atoms with Crippen LogP contribution in [0.15, 0.2) is 30.3 Å². The zero-order valence-electron chi connectivity index (χ0n) is 28.2. The summed E-state index contributed by atoms with van der Waals surface area (Å²) in [5.74, 6) is -0.864. The van der Waals surface area contributed by atoms with E-state index in [1.54, 1.807) is 23.9 Å². The molecule has 1 aromatic rings. The molecule has 2 unspecified atom stereocenters. The lowest BCUT2D eigenvalue weighted by molar-refractivity contribution is -0.151. The molecule has 43 heavy (non-hydrogen) atoms. The van der Waals surface area contributed by atoms with E-state index in [1.807, 2.05) is 90.7 Å². The molecule has 1 saturated heterocycles. The number of likely N-dealkylation sites (tertiary alicyclic amines) is 1. The predicted octanol–water partition coefficient (Wildman–Crippen LogP) is 2.66. The first kappa shape index (κ1) is 36.2. The number of likely N-dealkylation sites (N-methyl/N-ethyl adjacent to an activating group) is 3. The van der Waals surface area contributed by atoms with Crippen molar-refractivity contribution in [3.05, 3.63) is 35.9 Å². The number of carbonyl (C=O) groups excluding carboxylic acids is 4. The largest absolute Gasteiger partial charge is 0.467 e. The van der Waals surface area contributed by atoms with Crippen LogP contribution in [0, 0.1) is 11.3 Å². The highest BCUT2D eigenvalue weighted by molar-refractivity contribution is 5.91. The zero-order chi connectivity index (χ0) is 32.7. The highest BCUT2D eigenvalue weighted by atomic mass is 16.5. The zero-order valence-corrected chi connectivity index (χ0v) is 28.2. The number of methoxy groups -OCH3 is 1. The summed E-state index contributed by atoms with van der Waals surface area (Å²) in [4.78, 5) is 58.4. The van der Waals surface area contributed by atoms with Crippen molar-refractivity contribution in [2.45, 2.75) is 90.9 Å². The van der Waals surface area contributed by atoms with E-state index in [9.17, 15) is 19.2 Å². The van der Waals surface area contributed by atoms with E-state index >= 15 is 0 Å². The second kappa shape index (κ2) is 15.1. The van der Waals surface area contributed by atoms with Gasteiger partial charge in [-0.1, -0.05) is 78.8 Å². The van der Waals surface area contributed by atoms with Gasteiger partial charge in [0.15, 0.2) is 0 Å². The molecule has 4 atom stereocenters. The van der Waals surface area contributed by atoms with Gasteiger partial charge in [0, 0.05) is 31.6 Å². The maximum absolute atomic E-state index is 14.1. The fourth-order valence-corrected chi connectivity index (χ4v) is 6.03. The Morgan fingerprint density at radius 2 is 1.63 bits per heavy atom. The lowest BCUT2D eigenvalue weighted by Gasteiger charge is -2.41. The van der Waals surface area contributed by atoms with E-state index in [2.05, 4.69) is 10.6 Å². The number of hydrogen-bond acceptors (Lipinski definition) is 7. The minimum atomic E-state index is -0.772. The lowest BCUT2D eigenvalue weighted by Crippen LogP contribution is -2.62. The van der Waals surface area contributed by atoms with Crippen molar-refractivity contribution < 1.29 is 23.9 Å². The van der Waals surface area contributed by atoms with Crippen LogP contribution in [-0.2, 0) is 29.3 Å². The van der Waals surface area contributed by atoms with Gasteiger partial charge in [-0.15, -0.1) is 0 Å². The van der Waals surface area contributed by atoms with Crippen molar-refractivity contribution in [3.63, 3.8) is 0 Å². The SMILES string of the molecule is CN[C@H](C(=O)NC(C(=O)N(C)[C@H](CN(C)CC(=O)N1CCCC1C(=O)OC)C(C)C)C(C)(C)C)C(C)(C)c1ccccc1. The van der Waals surface area contributed by atoms with Gasteiger partial charge in [-0.2, -0.15) is 0 Å². The van der Waals surface area contributed by atoms with Gasteiger partial charge in [0.25, 0.3) is 0 Å². The van der Waals surface area contributed by atoms with Crippen LogP contribution in [0.1, 0.15) is 66.9 Å². The van der Waals surface area contributed by atoms with Gasteiger partial charge in [-0.05, 0) is 43.8 Å². The average Bonchev–Trinajstić information content (AvgIpc) is 3.44. The first-order chi connectivity index (χ1) is 20.0. The standard InChI is InChI=1S/C33H55N5O5/c1-22(2)25(20-36(9)21-26(39)38-19-15-18-24(38)31(42)43-11)37(10)30(41)28(32(3,4)5)35-29(40)27(34-8)33(6,7)23-16-13-12-14-17-23/h12-14,16-17,22,24-25,27-28,34H,15,18-21H2,1-11H3,(H,35,40)/t24?,25-,27-,28?/m1/s1. The predicted molar refractivity (Wildman–Crippen MR) is 169 cm³/mol. The van der Waals surface area contributed by atoms with E-state index < -0.39 is 29.0 Å². The number of hydrogen-bond donors (Lipinski definition) is 2. The van der Waals surface area contributed by atoms with Crippen LogP contribution in [0.25, 0.3) is 0 Å². The molecule has 0 saturated carbocycles. The lowest BCUT2D eigenvalue weighted by atomic mass is 9.76. The summed E-state index contributed by atoms with van der Waals surface area (Å²) in [6, 6.07) is 7.76. The second-order valence-corrected chi connectivity index (χ2v) is 13.8. The number of rotatable bonds is 13. The van der Waals surface area contributed by atoms with Gasteiger partial charge in [0.1, 0.15) is 12.1 Å². The highest BCUT2D eigenvalue weighted by Gasteiger charge is 2.42. The van der Waals surface area contributed by atoms with Crippen LogP contribution in [0.2, 0.25) is 0 Å². The number of nitrogens with one attached hydrogen (secondary N) is 2. The third-order valence-electron chi connectivity index (χ3n) is 8.75. The van der Waals surface area contributed by atoms with Gasteiger partial charge in [0.2, 0.25) is 17.7 Å². The first-order valence-corrected chi connectivity index (χ1v) is 15.3. The summed E-state index contributed by atoms with van der Waals surface area (Å²) in [6.45, 7) is 15.1. The summed E-state index contributed by atoms with van der Waals surface area (Å²) < 4.78 is 4.89. The molecule has 10 nitrogen and oxygen atoms in total. The number of esters is 1. The van der Waals surface area contributed by atoms with Crippen LogP contribution in [0.4, 0.5) is 0 Å². The van der Waals surface area contributed by atoms with Crippen molar-refractivity contribution in [1.29, 1.82) is 0 Å². The molecular weight excluding hydrogens is 546 g/mol. The molecule has 242 valence electrons. The molecule has 0 bridgehead atoms. The molecule has 1 aliphatic heterocycles. The number of amides is 3. The maximum atomic E-state index is 14.1. The monoisotopic (exact) mass is 601 g/mol. The van der Waals surface area contributed by atoms with Gasteiger partial charge < -0.3 is 25.2 Å². The fourth-order valence-electron chi connectivity index (χ4n) is 6.03. The Bertz CT molecular complexity index is 1100. The van der Waals surface area contributed by atoms with Crippen LogP contribution in [0.3, 0.4) is 0 Å². The molecule has 0 aromatic heterocycles. The molecule has 1 fully saturated rings. The topological polar surface area (TPSA) is 111 Å². The molecule has 1 aromatic carbocycles. The Morgan fingerprint density at radius 1 is 1.02 bits per heavy atom. The molecule has 10 heteroatoms. The van der Waals surface area contributed by atoms with Crippen molar-refractivity contribution in [1.82, 2.24) is 25.3 Å². The summed E-state index contributed by atoms with van der Waals surface area (Å²) in [5, 5.41) is 6.27. The quantitative estimate of drug-likeness (QED) is 0.335. The van der Waals surface area contributed by atoms with E-state index in [0.29, 0.717) is 19.5 Å². The van der Waals surface area contributed by atoms with Crippen LogP contribution in [0.5, 0.6) is 0 Å². The van der Waals surface area contributed by atoms with Crippen LogP contribution in [-0.4, -0.2) is 110 Å². The fraction of sp³-hybridized carbons (Fsp3) is 0.697. The van der Waals surface area contributed by atoms with E-state index in [0.717, 1.165) is 12.0 Å².